The Morgan fingerprint density at radius 1 is 1.17 bits per heavy atom. The van der Waals surface area contributed by atoms with Crippen LogP contribution in [0.15, 0.2) is 11.5 Å². The van der Waals surface area contributed by atoms with Gasteiger partial charge in [-0.15, -0.1) is 0 Å². The molecule has 0 unspecified atom stereocenters. The fourth-order valence-electron chi connectivity index (χ4n) is 0.564. The Morgan fingerprint density at radius 2 is 1.67 bits per heavy atom. The Hall–Kier alpha value is -1.70. The molecular weight excluding hydrogens is 162 g/mol. The Balaban J connectivity index is 4.85. The number of rotatable bonds is 3. The SMILES string of the molecule is COC(=O)C(C#N)=C(OC)OC. The summed E-state index contributed by atoms with van der Waals surface area (Å²) in [6.07, 6.45) is 0. The van der Waals surface area contributed by atoms with Gasteiger partial charge in [-0.1, -0.05) is 0 Å². The summed E-state index contributed by atoms with van der Waals surface area (Å²) >= 11 is 0. The summed E-state index contributed by atoms with van der Waals surface area (Å²) in [4.78, 5) is 10.8. The molecule has 0 heterocycles. The quantitative estimate of drug-likeness (QED) is 0.262. The number of ether oxygens (including phenoxy) is 3. The first-order chi connectivity index (χ1) is 5.71. The molecule has 0 saturated heterocycles. The van der Waals surface area contributed by atoms with E-state index in [1.54, 1.807) is 6.07 Å². The zero-order chi connectivity index (χ0) is 9.56. The van der Waals surface area contributed by atoms with Crippen LogP contribution >= 0.6 is 0 Å². The maximum atomic E-state index is 10.8. The molecule has 0 aliphatic carbocycles. The molecule has 5 nitrogen and oxygen atoms in total. The molecule has 0 N–H and O–H groups in total. The van der Waals surface area contributed by atoms with Gasteiger partial charge in [0.05, 0.1) is 21.3 Å². The molecule has 0 bridgehead atoms. The van der Waals surface area contributed by atoms with Crippen molar-refractivity contribution >= 4 is 5.97 Å². The van der Waals surface area contributed by atoms with Crippen LogP contribution in [-0.4, -0.2) is 27.3 Å². The van der Waals surface area contributed by atoms with Crippen molar-refractivity contribution in [2.24, 2.45) is 0 Å². The Kier molecular flexibility index (Phi) is 4.31. The zero-order valence-corrected chi connectivity index (χ0v) is 7.08. The van der Waals surface area contributed by atoms with Gasteiger partial charge in [0.2, 0.25) is 5.57 Å². The summed E-state index contributed by atoms with van der Waals surface area (Å²) in [6, 6.07) is 1.61. The third-order valence-corrected chi connectivity index (χ3v) is 1.08. The van der Waals surface area contributed by atoms with Crippen molar-refractivity contribution in [1.82, 2.24) is 0 Å². The van der Waals surface area contributed by atoms with Gasteiger partial charge in [-0.25, -0.2) is 4.79 Å². The summed E-state index contributed by atoms with van der Waals surface area (Å²) in [5, 5.41) is 8.49. The average Bonchev–Trinajstić information content (AvgIpc) is 2.12. The molecule has 5 heteroatoms. The van der Waals surface area contributed by atoms with E-state index in [0.717, 1.165) is 0 Å². The lowest BCUT2D eigenvalue weighted by Gasteiger charge is -2.04. The molecule has 0 aromatic rings. The number of esters is 1. The number of carbonyl (C=O) groups excluding carboxylic acids is 1. The monoisotopic (exact) mass is 171 g/mol. The number of carbonyl (C=O) groups is 1. The number of hydrogen-bond donors (Lipinski definition) is 0. The predicted octanol–water partition coefficient (Wildman–Crippen LogP) is 0.187. The van der Waals surface area contributed by atoms with E-state index in [1.165, 1.54) is 21.3 Å². The van der Waals surface area contributed by atoms with Crippen LogP contribution < -0.4 is 0 Å². The summed E-state index contributed by atoms with van der Waals surface area (Å²) < 4.78 is 13.5. The van der Waals surface area contributed by atoms with Crippen LogP contribution in [0.5, 0.6) is 0 Å². The second-order valence-electron chi connectivity index (χ2n) is 1.67. The van der Waals surface area contributed by atoms with Gasteiger partial charge < -0.3 is 14.2 Å². The molecule has 0 aliphatic rings. The van der Waals surface area contributed by atoms with Gasteiger partial charge in [0.1, 0.15) is 6.07 Å². The smallest absolute Gasteiger partial charge is 0.356 e. The van der Waals surface area contributed by atoms with Gasteiger partial charge in [0.15, 0.2) is 0 Å². The first-order valence-corrected chi connectivity index (χ1v) is 3.01. The highest BCUT2D eigenvalue weighted by molar-refractivity contribution is 5.92. The molecule has 0 saturated carbocycles. The summed E-state index contributed by atoms with van der Waals surface area (Å²) in [7, 11) is 3.75. The summed E-state index contributed by atoms with van der Waals surface area (Å²) in [6.45, 7) is 0. The van der Waals surface area contributed by atoms with Crippen LogP contribution in [0.3, 0.4) is 0 Å². The minimum Gasteiger partial charge on any atom is -0.468 e. The van der Waals surface area contributed by atoms with Crippen molar-refractivity contribution in [1.29, 1.82) is 5.26 Å². The maximum Gasteiger partial charge on any atom is 0.356 e. The fraction of sp³-hybridized carbons (Fsp3) is 0.429. The highest BCUT2D eigenvalue weighted by Crippen LogP contribution is 2.06. The lowest BCUT2D eigenvalue weighted by atomic mass is 10.3. The van der Waals surface area contributed by atoms with E-state index >= 15 is 0 Å². The summed E-state index contributed by atoms with van der Waals surface area (Å²) in [5.74, 6) is -0.930. The lowest BCUT2D eigenvalue weighted by molar-refractivity contribution is -0.136. The van der Waals surface area contributed by atoms with E-state index in [0.29, 0.717) is 0 Å². The zero-order valence-electron chi connectivity index (χ0n) is 7.08. The molecule has 0 aromatic carbocycles. The first-order valence-electron chi connectivity index (χ1n) is 3.01. The highest BCUT2D eigenvalue weighted by atomic mass is 16.7. The van der Waals surface area contributed by atoms with Crippen LogP contribution in [0.2, 0.25) is 0 Å². The van der Waals surface area contributed by atoms with E-state index in [9.17, 15) is 4.79 Å². The minimum atomic E-state index is -0.781. The largest absolute Gasteiger partial charge is 0.468 e. The number of nitrogens with zero attached hydrogens (tertiary/aromatic N) is 1. The van der Waals surface area contributed by atoms with E-state index in [1.807, 2.05) is 0 Å². The number of nitriles is 1. The van der Waals surface area contributed by atoms with E-state index in [2.05, 4.69) is 14.2 Å². The molecule has 0 amide bonds. The molecule has 66 valence electrons. The number of methoxy groups -OCH3 is 3. The van der Waals surface area contributed by atoms with Crippen molar-refractivity contribution in [3.63, 3.8) is 0 Å². The molecule has 0 atom stereocenters. The van der Waals surface area contributed by atoms with Gasteiger partial charge in [0.25, 0.3) is 0 Å². The summed E-state index contributed by atoms with van der Waals surface area (Å²) in [5.41, 5.74) is -0.289. The van der Waals surface area contributed by atoms with Gasteiger partial charge in [-0.05, 0) is 0 Å². The van der Waals surface area contributed by atoms with E-state index in [-0.39, 0.29) is 11.5 Å². The molecule has 0 aromatic heterocycles. The molecule has 12 heavy (non-hydrogen) atoms. The normalized spacial score (nSPS) is 7.83. The van der Waals surface area contributed by atoms with Gasteiger partial charge in [0, 0.05) is 0 Å². The lowest BCUT2D eigenvalue weighted by Crippen LogP contribution is -2.08. The molecule has 0 rings (SSSR count). The third kappa shape index (κ3) is 2.16. The Morgan fingerprint density at radius 3 is 1.92 bits per heavy atom. The molecule has 0 fully saturated rings. The maximum absolute atomic E-state index is 10.8. The molecule has 0 radical (unpaired) electrons. The van der Waals surface area contributed by atoms with Crippen molar-refractivity contribution < 1.29 is 19.0 Å². The Bertz CT molecular complexity index is 232. The van der Waals surface area contributed by atoms with Gasteiger partial charge >= 0.3 is 11.9 Å². The van der Waals surface area contributed by atoms with E-state index in [4.69, 9.17) is 5.26 Å². The number of hydrogen-bond acceptors (Lipinski definition) is 5. The Labute approximate surface area is 70.1 Å². The van der Waals surface area contributed by atoms with Crippen molar-refractivity contribution in [2.75, 3.05) is 21.3 Å². The van der Waals surface area contributed by atoms with Gasteiger partial charge in [-0.2, -0.15) is 5.26 Å². The third-order valence-electron chi connectivity index (χ3n) is 1.08. The van der Waals surface area contributed by atoms with Crippen molar-refractivity contribution in [3.8, 4) is 6.07 Å². The molecule has 0 aliphatic heterocycles. The fourth-order valence-corrected chi connectivity index (χ4v) is 0.564. The van der Waals surface area contributed by atoms with Crippen molar-refractivity contribution in [3.05, 3.63) is 11.5 Å². The van der Waals surface area contributed by atoms with Crippen LogP contribution in [0.1, 0.15) is 0 Å². The van der Waals surface area contributed by atoms with Crippen LogP contribution in [0, 0.1) is 11.3 Å². The second-order valence-corrected chi connectivity index (χ2v) is 1.67. The molecule has 0 spiro atoms. The predicted molar refractivity (Wildman–Crippen MR) is 38.7 cm³/mol. The van der Waals surface area contributed by atoms with Crippen LogP contribution in [-0.2, 0) is 19.0 Å². The van der Waals surface area contributed by atoms with E-state index < -0.39 is 5.97 Å². The van der Waals surface area contributed by atoms with Gasteiger partial charge in [-0.3, -0.25) is 0 Å². The highest BCUT2D eigenvalue weighted by Gasteiger charge is 2.17. The minimum absolute atomic E-state index is 0.149. The molecular formula is C7H9NO4. The van der Waals surface area contributed by atoms with Crippen molar-refractivity contribution in [2.45, 2.75) is 0 Å². The second kappa shape index (κ2) is 5.02. The van der Waals surface area contributed by atoms with Crippen LogP contribution in [0.4, 0.5) is 0 Å². The van der Waals surface area contributed by atoms with Crippen LogP contribution in [0.25, 0.3) is 0 Å². The first kappa shape index (κ1) is 10.3. The average molecular weight is 171 g/mol. The topological polar surface area (TPSA) is 68.6 Å². The standard InChI is InChI=1S/C7H9NO4/c1-10-6(9)5(4-8)7(11-2)12-3/h1-3H3.